The summed E-state index contributed by atoms with van der Waals surface area (Å²) in [5, 5.41) is 12.4. The molecule has 0 fully saturated rings. The molecule has 8 heteroatoms. The first kappa shape index (κ1) is 17.0. The van der Waals surface area contributed by atoms with Crippen LogP contribution in [0, 0.1) is 6.92 Å². The van der Waals surface area contributed by atoms with Crippen LogP contribution < -0.4 is 5.32 Å². The molecule has 1 aromatic carbocycles. The Balaban J connectivity index is 1.93. The molecular formula is C17H17N3O4S. The number of amides is 1. The van der Waals surface area contributed by atoms with Gasteiger partial charge >= 0.3 is 0 Å². The van der Waals surface area contributed by atoms with Crippen LogP contribution in [0.15, 0.2) is 47.6 Å². The number of phenolic OH excluding ortho intramolecular Hbond substituents is 1. The van der Waals surface area contributed by atoms with E-state index in [0.717, 1.165) is 5.56 Å². The number of nitrogens with zero attached hydrogens (tertiary/aromatic N) is 2. The van der Waals surface area contributed by atoms with Gasteiger partial charge in [0.1, 0.15) is 17.1 Å². The van der Waals surface area contributed by atoms with Gasteiger partial charge in [-0.2, -0.15) is 0 Å². The number of aryl methyl sites for hydroxylation is 1. The SMILES string of the molecule is CCS(=O)(=O)c1ccc(O)c(NC(=O)c2cn3ccc(C)cc3n2)c1. The molecule has 2 N–H and O–H groups in total. The molecule has 7 nitrogen and oxygen atoms in total. The van der Waals surface area contributed by atoms with Crippen molar-refractivity contribution in [1.82, 2.24) is 9.38 Å². The summed E-state index contributed by atoms with van der Waals surface area (Å²) < 4.78 is 25.6. The summed E-state index contributed by atoms with van der Waals surface area (Å²) in [6.07, 6.45) is 3.36. The average Bonchev–Trinajstić information content (AvgIpc) is 2.99. The Morgan fingerprint density at radius 3 is 2.76 bits per heavy atom. The van der Waals surface area contributed by atoms with Crippen molar-refractivity contribution in [2.45, 2.75) is 18.7 Å². The third-order valence-corrected chi connectivity index (χ3v) is 5.54. The topological polar surface area (TPSA) is 101 Å². The Hall–Kier alpha value is -2.87. The predicted octanol–water partition coefficient (Wildman–Crippen LogP) is 2.39. The molecule has 1 amide bonds. The number of sulfone groups is 1. The summed E-state index contributed by atoms with van der Waals surface area (Å²) >= 11 is 0. The van der Waals surface area contributed by atoms with E-state index >= 15 is 0 Å². The molecule has 0 aliphatic heterocycles. The molecule has 130 valence electrons. The molecule has 3 rings (SSSR count). The number of anilines is 1. The fourth-order valence-electron chi connectivity index (χ4n) is 2.35. The minimum absolute atomic E-state index is 0.0211. The second-order valence-electron chi connectivity index (χ2n) is 5.63. The monoisotopic (exact) mass is 359 g/mol. The maximum atomic E-state index is 12.4. The summed E-state index contributed by atoms with van der Waals surface area (Å²) in [6.45, 7) is 3.45. The molecule has 0 radical (unpaired) electrons. The van der Waals surface area contributed by atoms with Crippen LogP contribution in [0.1, 0.15) is 23.0 Å². The van der Waals surface area contributed by atoms with E-state index in [0.29, 0.717) is 5.65 Å². The van der Waals surface area contributed by atoms with Gasteiger partial charge in [0.15, 0.2) is 9.84 Å². The van der Waals surface area contributed by atoms with Crippen LogP contribution >= 0.6 is 0 Å². The molecule has 0 unspecified atom stereocenters. The Morgan fingerprint density at radius 1 is 1.28 bits per heavy atom. The van der Waals surface area contributed by atoms with Crippen molar-refractivity contribution in [1.29, 1.82) is 0 Å². The highest BCUT2D eigenvalue weighted by atomic mass is 32.2. The lowest BCUT2D eigenvalue weighted by Gasteiger charge is -2.08. The lowest BCUT2D eigenvalue weighted by molar-refractivity contribution is 0.102. The number of benzene rings is 1. The molecule has 2 aromatic heterocycles. The zero-order chi connectivity index (χ0) is 18.2. The minimum atomic E-state index is -3.45. The highest BCUT2D eigenvalue weighted by Crippen LogP contribution is 2.27. The number of pyridine rings is 1. The largest absolute Gasteiger partial charge is 0.506 e. The lowest BCUT2D eigenvalue weighted by Crippen LogP contribution is -2.13. The normalized spacial score (nSPS) is 11.6. The fraction of sp³-hybridized carbons (Fsp3) is 0.176. The van der Waals surface area contributed by atoms with Gasteiger partial charge in [0.25, 0.3) is 5.91 Å². The summed E-state index contributed by atoms with van der Waals surface area (Å²) in [5.41, 5.74) is 1.82. The molecule has 0 aliphatic rings. The minimum Gasteiger partial charge on any atom is -0.506 e. The second kappa shape index (κ2) is 6.21. The quantitative estimate of drug-likeness (QED) is 0.697. The maximum Gasteiger partial charge on any atom is 0.275 e. The molecule has 0 saturated carbocycles. The molecule has 0 spiro atoms. The van der Waals surface area contributed by atoms with E-state index in [1.54, 1.807) is 16.8 Å². The summed E-state index contributed by atoms with van der Waals surface area (Å²) in [6, 6.07) is 7.51. The zero-order valence-electron chi connectivity index (χ0n) is 13.7. The number of nitrogens with one attached hydrogen (secondary N) is 1. The molecule has 3 aromatic rings. The van der Waals surface area contributed by atoms with E-state index in [-0.39, 0.29) is 27.8 Å². The van der Waals surface area contributed by atoms with Crippen LogP contribution in [0.3, 0.4) is 0 Å². The number of hydrogen-bond donors (Lipinski definition) is 2. The van der Waals surface area contributed by atoms with Gasteiger partial charge in [-0.1, -0.05) is 6.92 Å². The van der Waals surface area contributed by atoms with Crippen LogP contribution in [0.4, 0.5) is 5.69 Å². The molecular weight excluding hydrogens is 342 g/mol. The molecule has 25 heavy (non-hydrogen) atoms. The lowest BCUT2D eigenvalue weighted by atomic mass is 10.3. The van der Waals surface area contributed by atoms with Crippen molar-refractivity contribution in [3.63, 3.8) is 0 Å². The summed E-state index contributed by atoms with van der Waals surface area (Å²) in [5.74, 6) is -0.831. The van der Waals surface area contributed by atoms with E-state index in [9.17, 15) is 18.3 Å². The van der Waals surface area contributed by atoms with Gasteiger partial charge in [0.2, 0.25) is 0 Å². The number of carbonyl (C=O) groups is 1. The number of phenols is 1. The van der Waals surface area contributed by atoms with E-state index in [4.69, 9.17) is 0 Å². The van der Waals surface area contributed by atoms with Crippen molar-refractivity contribution in [3.8, 4) is 5.75 Å². The van der Waals surface area contributed by atoms with Crippen molar-refractivity contribution in [2.24, 2.45) is 0 Å². The zero-order valence-corrected chi connectivity index (χ0v) is 14.5. The smallest absolute Gasteiger partial charge is 0.275 e. The van der Waals surface area contributed by atoms with Crippen LogP contribution in [-0.2, 0) is 9.84 Å². The molecule has 0 aliphatic carbocycles. The first-order valence-electron chi connectivity index (χ1n) is 7.62. The van der Waals surface area contributed by atoms with Crippen LogP contribution in [-0.4, -0.2) is 34.6 Å². The van der Waals surface area contributed by atoms with Crippen LogP contribution in [0.2, 0.25) is 0 Å². The summed E-state index contributed by atoms with van der Waals surface area (Å²) in [4.78, 5) is 16.7. The maximum absolute atomic E-state index is 12.4. The Labute approximate surface area is 144 Å². The van der Waals surface area contributed by atoms with Gasteiger partial charge in [-0.15, -0.1) is 0 Å². The van der Waals surface area contributed by atoms with Gasteiger partial charge < -0.3 is 14.8 Å². The van der Waals surface area contributed by atoms with Crippen LogP contribution in [0.5, 0.6) is 5.75 Å². The molecule has 2 heterocycles. The van der Waals surface area contributed by atoms with E-state index in [1.807, 2.05) is 19.1 Å². The van der Waals surface area contributed by atoms with Gasteiger partial charge in [-0.3, -0.25) is 4.79 Å². The number of carbonyl (C=O) groups excluding carboxylic acids is 1. The molecule has 0 saturated heterocycles. The highest BCUT2D eigenvalue weighted by Gasteiger charge is 2.17. The van der Waals surface area contributed by atoms with Crippen molar-refractivity contribution >= 4 is 27.1 Å². The standard InChI is InChI=1S/C17H17N3O4S/c1-3-25(23,24)12-4-5-15(21)13(9-12)19-17(22)14-10-20-7-6-11(2)8-16(20)18-14/h4-10,21H,3H2,1-2H3,(H,19,22). The van der Waals surface area contributed by atoms with Gasteiger partial charge in [-0.05, 0) is 42.8 Å². The van der Waals surface area contributed by atoms with Gasteiger partial charge in [0, 0.05) is 12.4 Å². The predicted molar refractivity (Wildman–Crippen MR) is 93.7 cm³/mol. The summed E-state index contributed by atoms with van der Waals surface area (Å²) in [7, 11) is -3.45. The number of rotatable bonds is 4. The van der Waals surface area contributed by atoms with E-state index in [1.165, 1.54) is 25.1 Å². The van der Waals surface area contributed by atoms with Crippen molar-refractivity contribution < 1.29 is 18.3 Å². The van der Waals surface area contributed by atoms with Crippen LogP contribution in [0.25, 0.3) is 5.65 Å². The average molecular weight is 359 g/mol. The highest BCUT2D eigenvalue weighted by molar-refractivity contribution is 7.91. The first-order chi connectivity index (χ1) is 11.8. The third-order valence-electron chi connectivity index (χ3n) is 3.80. The second-order valence-corrected chi connectivity index (χ2v) is 7.91. The fourth-order valence-corrected chi connectivity index (χ4v) is 3.26. The van der Waals surface area contributed by atoms with Crippen molar-refractivity contribution in [3.05, 3.63) is 54.0 Å². The molecule has 0 bridgehead atoms. The van der Waals surface area contributed by atoms with E-state index < -0.39 is 15.7 Å². The Kier molecular flexibility index (Phi) is 4.22. The van der Waals surface area contributed by atoms with E-state index in [2.05, 4.69) is 10.3 Å². The Morgan fingerprint density at radius 2 is 2.04 bits per heavy atom. The number of aromatic nitrogens is 2. The number of hydrogen-bond acceptors (Lipinski definition) is 5. The van der Waals surface area contributed by atoms with Gasteiger partial charge in [-0.25, -0.2) is 13.4 Å². The first-order valence-corrected chi connectivity index (χ1v) is 9.28. The number of fused-ring (bicyclic) bond motifs is 1. The number of imidazole rings is 1. The molecule has 0 atom stereocenters. The van der Waals surface area contributed by atoms with Gasteiger partial charge in [0.05, 0.1) is 16.3 Å². The van der Waals surface area contributed by atoms with Crippen molar-refractivity contribution in [2.75, 3.05) is 11.1 Å². The number of aromatic hydroxyl groups is 1. The Bertz CT molecular complexity index is 1070. The third kappa shape index (κ3) is 3.34.